The average molecular weight is 463 g/mol. The highest BCUT2D eigenvalue weighted by molar-refractivity contribution is 6.35. The topological polar surface area (TPSA) is 24.8 Å². The molecule has 0 bridgehead atoms. The van der Waals surface area contributed by atoms with E-state index in [-0.39, 0.29) is 11.9 Å². The molecule has 4 aromatic rings. The molecule has 0 radical (unpaired) electrons. The molecule has 6 rings (SSSR count). The van der Waals surface area contributed by atoms with Crippen LogP contribution in [0.5, 0.6) is 5.75 Å². The number of rotatable bonds is 2. The van der Waals surface area contributed by atoms with Crippen LogP contribution in [0.25, 0.3) is 10.8 Å². The first-order valence-corrected chi connectivity index (χ1v) is 11.1. The minimum Gasteiger partial charge on any atom is -0.463 e. The fourth-order valence-electron chi connectivity index (χ4n) is 4.51. The van der Waals surface area contributed by atoms with Gasteiger partial charge in [0.25, 0.3) is 0 Å². The molecular weight excluding hydrogens is 446 g/mol. The summed E-state index contributed by atoms with van der Waals surface area (Å²) in [4.78, 5) is 0. The van der Waals surface area contributed by atoms with Crippen LogP contribution < -0.4 is 4.74 Å². The zero-order chi connectivity index (χ0) is 21.8. The van der Waals surface area contributed by atoms with Crippen LogP contribution in [0.4, 0.5) is 4.39 Å². The molecule has 2 heterocycles. The monoisotopic (exact) mass is 462 g/mol. The van der Waals surface area contributed by atoms with Crippen LogP contribution in [0.3, 0.4) is 0 Å². The van der Waals surface area contributed by atoms with Crippen LogP contribution >= 0.6 is 23.2 Å². The standard InChI is InChI=1S/C26H17Cl2FN2O/c27-19-12-21-24-14-23(18-6-5-15-3-1-2-4-17(15)11-18)30-31(24)26(32-25(21)22(28)13-19)16-7-9-20(29)10-8-16/h1-13,24,26H,14H2/t24-,26-/m1/s1. The summed E-state index contributed by atoms with van der Waals surface area (Å²) in [6.07, 6.45) is 0.160. The highest BCUT2D eigenvalue weighted by Crippen LogP contribution is 2.50. The lowest BCUT2D eigenvalue weighted by Gasteiger charge is -2.38. The van der Waals surface area contributed by atoms with Gasteiger partial charge in [-0.25, -0.2) is 9.40 Å². The highest BCUT2D eigenvalue weighted by Gasteiger charge is 2.42. The minimum absolute atomic E-state index is 0.0912. The molecule has 32 heavy (non-hydrogen) atoms. The van der Waals surface area contributed by atoms with Crippen LogP contribution in [-0.2, 0) is 0 Å². The molecule has 3 nitrogen and oxygen atoms in total. The van der Waals surface area contributed by atoms with Gasteiger partial charge < -0.3 is 4.74 Å². The summed E-state index contributed by atoms with van der Waals surface area (Å²) < 4.78 is 19.9. The van der Waals surface area contributed by atoms with Gasteiger partial charge in [0.1, 0.15) is 11.6 Å². The number of fused-ring (bicyclic) bond motifs is 4. The van der Waals surface area contributed by atoms with Crippen molar-refractivity contribution in [1.29, 1.82) is 0 Å². The normalized spacial score (nSPS) is 19.3. The Labute approximate surface area is 194 Å². The fourth-order valence-corrected chi connectivity index (χ4v) is 5.06. The van der Waals surface area contributed by atoms with Gasteiger partial charge in [-0.15, -0.1) is 0 Å². The number of halogens is 3. The van der Waals surface area contributed by atoms with Crippen molar-refractivity contribution in [3.05, 3.63) is 111 Å². The SMILES string of the molecule is Fc1ccc([C@H]2Oc3c(Cl)cc(Cl)cc3[C@H]3CC(c4ccc5ccccc5c4)=NN32)cc1. The molecule has 0 spiro atoms. The van der Waals surface area contributed by atoms with Crippen LogP contribution in [0, 0.1) is 5.82 Å². The molecule has 6 heteroatoms. The quantitative estimate of drug-likeness (QED) is 0.307. The van der Waals surface area contributed by atoms with Crippen molar-refractivity contribution in [2.24, 2.45) is 5.10 Å². The molecule has 0 N–H and O–H groups in total. The van der Waals surface area contributed by atoms with Crippen molar-refractivity contribution >= 4 is 39.7 Å². The Morgan fingerprint density at radius 2 is 1.69 bits per heavy atom. The molecule has 2 aliphatic rings. The first-order chi connectivity index (χ1) is 15.6. The van der Waals surface area contributed by atoms with Gasteiger partial charge >= 0.3 is 0 Å². The van der Waals surface area contributed by atoms with Gasteiger partial charge in [0.05, 0.1) is 16.8 Å². The molecule has 2 atom stereocenters. The minimum atomic E-state index is -0.523. The van der Waals surface area contributed by atoms with E-state index >= 15 is 0 Å². The maximum absolute atomic E-state index is 13.6. The van der Waals surface area contributed by atoms with E-state index in [0.717, 1.165) is 27.8 Å². The van der Waals surface area contributed by atoms with Gasteiger partial charge in [-0.1, -0.05) is 71.7 Å². The Balaban J connectivity index is 1.47. The molecule has 2 aliphatic heterocycles. The second kappa shape index (κ2) is 7.51. The van der Waals surface area contributed by atoms with Crippen molar-refractivity contribution < 1.29 is 9.13 Å². The first-order valence-electron chi connectivity index (χ1n) is 10.3. The lowest BCUT2D eigenvalue weighted by molar-refractivity contribution is -0.0189. The van der Waals surface area contributed by atoms with Gasteiger partial charge in [-0.2, -0.15) is 5.10 Å². The van der Waals surface area contributed by atoms with Crippen molar-refractivity contribution in [2.75, 3.05) is 0 Å². The number of hydrazone groups is 1. The predicted octanol–water partition coefficient (Wildman–Crippen LogP) is 7.53. The molecule has 4 aromatic carbocycles. The average Bonchev–Trinajstić information content (AvgIpc) is 3.25. The smallest absolute Gasteiger partial charge is 0.213 e. The number of ether oxygens (including phenoxy) is 1. The van der Waals surface area contributed by atoms with E-state index < -0.39 is 6.23 Å². The van der Waals surface area contributed by atoms with Crippen LogP contribution in [-0.4, -0.2) is 10.7 Å². The van der Waals surface area contributed by atoms with E-state index in [1.54, 1.807) is 18.2 Å². The van der Waals surface area contributed by atoms with Gasteiger partial charge in [-0.3, -0.25) is 0 Å². The Kier molecular flexibility index (Phi) is 4.60. The highest BCUT2D eigenvalue weighted by atomic mass is 35.5. The summed E-state index contributed by atoms with van der Waals surface area (Å²) in [5.41, 5.74) is 3.73. The fraction of sp³-hybridized carbons (Fsp3) is 0.115. The molecule has 0 saturated carbocycles. The van der Waals surface area contributed by atoms with Gasteiger partial charge in [0.15, 0.2) is 0 Å². The summed E-state index contributed by atoms with van der Waals surface area (Å²) in [6, 6.07) is 24.4. The molecular formula is C26H17Cl2FN2O. The zero-order valence-electron chi connectivity index (χ0n) is 16.8. The second-order valence-electron chi connectivity index (χ2n) is 8.04. The molecule has 0 fully saturated rings. The second-order valence-corrected chi connectivity index (χ2v) is 8.88. The molecule has 0 amide bonds. The Hall–Kier alpha value is -3.08. The van der Waals surface area contributed by atoms with Crippen LogP contribution in [0.15, 0.2) is 84.0 Å². The predicted molar refractivity (Wildman–Crippen MR) is 126 cm³/mol. The Bertz CT molecular complexity index is 1390. The number of hydrogen-bond acceptors (Lipinski definition) is 3. The lowest BCUT2D eigenvalue weighted by Crippen LogP contribution is -2.33. The number of benzene rings is 4. The van der Waals surface area contributed by atoms with Crippen molar-refractivity contribution in [3.63, 3.8) is 0 Å². The Morgan fingerprint density at radius 3 is 2.50 bits per heavy atom. The number of hydrogen-bond donors (Lipinski definition) is 0. The van der Waals surface area contributed by atoms with Crippen LogP contribution in [0.2, 0.25) is 10.0 Å². The van der Waals surface area contributed by atoms with E-state index in [2.05, 4.69) is 30.3 Å². The maximum atomic E-state index is 13.6. The summed E-state index contributed by atoms with van der Waals surface area (Å²) in [7, 11) is 0. The van der Waals surface area contributed by atoms with Crippen molar-refractivity contribution in [3.8, 4) is 5.75 Å². The number of nitrogens with zero attached hydrogens (tertiary/aromatic N) is 2. The van der Waals surface area contributed by atoms with E-state index in [0.29, 0.717) is 22.2 Å². The Morgan fingerprint density at radius 1 is 0.906 bits per heavy atom. The largest absolute Gasteiger partial charge is 0.463 e. The first kappa shape index (κ1) is 19.6. The summed E-state index contributed by atoms with van der Waals surface area (Å²) in [6.45, 7) is 0. The van der Waals surface area contributed by atoms with Crippen molar-refractivity contribution in [1.82, 2.24) is 5.01 Å². The van der Waals surface area contributed by atoms with Gasteiger partial charge in [0, 0.05) is 22.6 Å². The van der Waals surface area contributed by atoms with E-state index in [4.69, 9.17) is 33.0 Å². The molecule has 0 aromatic heterocycles. The van der Waals surface area contributed by atoms with E-state index in [1.165, 1.54) is 17.5 Å². The molecule has 0 saturated heterocycles. The third-order valence-corrected chi connectivity index (χ3v) is 6.54. The van der Waals surface area contributed by atoms with E-state index in [1.807, 2.05) is 23.2 Å². The van der Waals surface area contributed by atoms with Crippen molar-refractivity contribution in [2.45, 2.75) is 18.7 Å². The maximum Gasteiger partial charge on any atom is 0.213 e. The third-order valence-electron chi connectivity index (χ3n) is 6.05. The summed E-state index contributed by atoms with van der Waals surface area (Å²) in [5, 5.41) is 10.3. The van der Waals surface area contributed by atoms with Gasteiger partial charge in [0.2, 0.25) is 6.23 Å². The van der Waals surface area contributed by atoms with Crippen LogP contribution in [0.1, 0.15) is 35.4 Å². The van der Waals surface area contributed by atoms with E-state index in [9.17, 15) is 4.39 Å². The summed E-state index contributed by atoms with van der Waals surface area (Å²) >= 11 is 12.8. The lowest BCUT2D eigenvalue weighted by atomic mass is 9.95. The third kappa shape index (κ3) is 3.22. The molecule has 0 unspecified atom stereocenters. The molecule has 158 valence electrons. The summed E-state index contributed by atoms with van der Waals surface area (Å²) in [5.74, 6) is 0.301. The molecule has 0 aliphatic carbocycles. The zero-order valence-corrected chi connectivity index (χ0v) is 18.3. The van der Waals surface area contributed by atoms with Gasteiger partial charge in [-0.05, 0) is 46.7 Å².